The minimum absolute atomic E-state index is 0.362. The average molecular weight is 220 g/mol. The summed E-state index contributed by atoms with van der Waals surface area (Å²) in [5.41, 5.74) is -0.938. The van der Waals surface area contributed by atoms with Gasteiger partial charge in [-0.2, -0.15) is 0 Å². The van der Waals surface area contributed by atoms with Crippen molar-refractivity contribution < 1.29 is 5.11 Å². The lowest BCUT2D eigenvalue weighted by Crippen LogP contribution is -2.35. The van der Waals surface area contributed by atoms with E-state index in [1.165, 1.54) is 0 Å². The monoisotopic (exact) mass is 218 g/mol. The van der Waals surface area contributed by atoms with Crippen LogP contribution in [-0.2, 0) is 0 Å². The Kier molecular flexibility index (Phi) is 3.97. The summed E-state index contributed by atoms with van der Waals surface area (Å²) in [7, 11) is 0. The van der Waals surface area contributed by atoms with Gasteiger partial charge in [0.15, 0.2) is 0 Å². The van der Waals surface area contributed by atoms with Crippen molar-refractivity contribution in [2.45, 2.75) is 42.5 Å². The molecule has 4 heteroatoms. The number of halogens is 3. The lowest BCUT2D eigenvalue weighted by molar-refractivity contribution is 0.0721. The molecule has 0 aromatic heterocycles. The van der Waals surface area contributed by atoms with Crippen LogP contribution in [0.4, 0.5) is 0 Å². The number of alkyl halides is 3. The van der Waals surface area contributed by atoms with Crippen LogP contribution < -0.4 is 0 Å². The zero-order valence-corrected chi connectivity index (χ0v) is 9.13. The van der Waals surface area contributed by atoms with Crippen molar-refractivity contribution in [3.05, 3.63) is 0 Å². The van der Waals surface area contributed by atoms with Crippen molar-refractivity contribution in [1.29, 1.82) is 0 Å². The molecule has 1 nitrogen and oxygen atoms in total. The molecule has 0 aliphatic rings. The second-order valence-corrected chi connectivity index (χ2v) is 5.78. The van der Waals surface area contributed by atoms with Gasteiger partial charge in [-0.15, -0.1) is 34.8 Å². The Balaban J connectivity index is 3.99. The molecule has 0 amide bonds. The number of hydrogen-bond donors (Lipinski definition) is 1. The highest BCUT2D eigenvalue weighted by Crippen LogP contribution is 2.31. The van der Waals surface area contributed by atoms with Crippen LogP contribution in [0.2, 0.25) is 0 Å². The summed E-state index contributed by atoms with van der Waals surface area (Å²) in [5.74, 6) is 0. The molecule has 0 heterocycles. The molecule has 0 saturated carbocycles. The molecule has 0 aliphatic heterocycles. The van der Waals surface area contributed by atoms with E-state index in [9.17, 15) is 5.11 Å². The highest BCUT2D eigenvalue weighted by atomic mass is 35.5. The molecule has 0 radical (unpaired) electrons. The van der Waals surface area contributed by atoms with Crippen LogP contribution in [0.15, 0.2) is 0 Å². The first-order chi connectivity index (χ1) is 4.63. The van der Waals surface area contributed by atoms with E-state index in [0.29, 0.717) is 6.42 Å². The normalized spacial score (nSPS) is 16.6. The summed E-state index contributed by atoms with van der Waals surface area (Å²) in [6.45, 7) is 4.91. The SMILES string of the molecule is CC(Cl)(Cl)CC(Cl)C(C)(C)O. The molecule has 0 aromatic rings. The van der Waals surface area contributed by atoms with E-state index in [1.54, 1.807) is 20.8 Å². The maximum Gasteiger partial charge on any atom is 0.117 e. The summed E-state index contributed by atoms with van der Waals surface area (Å²) in [4.78, 5) is 0. The third kappa shape index (κ3) is 6.03. The second kappa shape index (κ2) is 3.69. The lowest BCUT2D eigenvalue weighted by atomic mass is 10.0. The average Bonchev–Trinajstić information content (AvgIpc) is 1.56. The molecule has 68 valence electrons. The Hall–Kier alpha value is 0.830. The topological polar surface area (TPSA) is 20.2 Å². The second-order valence-electron chi connectivity index (χ2n) is 3.40. The van der Waals surface area contributed by atoms with Crippen molar-refractivity contribution in [2.75, 3.05) is 0 Å². The predicted molar refractivity (Wildman–Crippen MR) is 50.7 cm³/mol. The van der Waals surface area contributed by atoms with E-state index >= 15 is 0 Å². The Morgan fingerprint density at radius 2 is 1.64 bits per heavy atom. The highest BCUT2D eigenvalue weighted by Gasteiger charge is 2.31. The Morgan fingerprint density at radius 1 is 1.27 bits per heavy atom. The van der Waals surface area contributed by atoms with E-state index in [0.717, 1.165) is 0 Å². The molecule has 1 atom stereocenters. The van der Waals surface area contributed by atoms with Crippen molar-refractivity contribution in [3.63, 3.8) is 0 Å². The van der Waals surface area contributed by atoms with Crippen LogP contribution in [0.3, 0.4) is 0 Å². The van der Waals surface area contributed by atoms with Crippen LogP contribution in [0.5, 0.6) is 0 Å². The summed E-state index contributed by atoms with van der Waals surface area (Å²) in [6, 6.07) is 0. The molecule has 0 bridgehead atoms. The molecule has 1 N–H and O–H groups in total. The smallest absolute Gasteiger partial charge is 0.117 e. The Labute approximate surface area is 82.6 Å². The van der Waals surface area contributed by atoms with Gasteiger partial charge in [0.25, 0.3) is 0 Å². The molecule has 0 spiro atoms. The molecule has 0 saturated heterocycles. The van der Waals surface area contributed by atoms with Crippen molar-refractivity contribution in [2.24, 2.45) is 0 Å². The first-order valence-corrected chi connectivity index (χ1v) is 4.56. The van der Waals surface area contributed by atoms with Gasteiger partial charge in [0.2, 0.25) is 0 Å². The van der Waals surface area contributed by atoms with Crippen molar-refractivity contribution in [1.82, 2.24) is 0 Å². The van der Waals surface area contributed by atoms with E-state index in [1.807, 2.05) is 0 Å². The van der Waals surface area contributed by atoms with E-state index < -0.39 is 15.3 Å². The first-order valence-electron chi connectivity index (χ1n) is 3.37. The maximum absolute atomic E-state index is 9.40. The zero-order chi connectivity index (χ0) is 9.28. The van der Waals surface area contributed by atoms with Gasteiger partial charge in [0.05, 0.1) is 11.0 Å². The van der Waals surface area contributed by atoms with Crippen LogP contribution >= 0.6 is 34.8 Å². The molecule has 1 unspecified atom stereocenters. The summed E-state index contributed by atoms with van der Waals surface area (Å²) in [5, 5.41) is 8.97. The zero-order valence-electron chi connectivity index (χ0n) is 6.87. The quantitative estimate of drug-likeness (QED) is 0.724. The predicted octanol–water partition coefficient (Wildman–Crippen LogP) is 2.95. The van der Waals surface area contributed by atoms with Gasteiger partial charge in [-0.1, -0.05) is 0 Å². The minimum atomic E-state index is -0.938. The van der Waals surface area contributed by atoms with E-state index in [4.69, 9.17) is 34.8 Å². The van der Waals surface area contributed by atoms with Gasteiger partial charge >= 0.3 is 0 Å². The third-order valence-electron chi connectivity index (χ3n) is 1.30. The number of aliphatic hydroxyl groups is 1. The standard InChI is InChI=1S/C7H13Cl3O/c1-6(2,11)5(8)4-7(3,9)10/h5,11H,4H2,1-3H3. The van der Waals surface area contributed by atoms with Crippen LogP contribution in [0, 0.1) is 0 Å². The molecule has 0 aliphatic carbocycles. The summed E-state index contributed by atoms with van der Waals surface area (Å²) < 4.78 is -0.869. The van der Waals surface area contributed by atoms with Crippen LogP contribution in [-0.4, -0.2) is 20.4 Å². The van der Waals surface area contributed by atoms with Gasteiger partial charge in [-0.25, -0.2) is 0 Å². The van der Waals surface area contributed by atoms with Gasteiger partial charge in [-0.05, 0) is 27.2 Å². The molecule has 0 rings (SSSR count). The Bertz CT molecular complexity index is 123. The van der Waals surface area contributed by atoms with Crippen molar-refractivity contribution in [3.8, 4) is 0 Å². The van der Waals surface area contributed by atoms with Crippen LogP contribution in [0.1, 0.15) is 27.2 Å². The summed E-state index contributed by atoms with van der Waals surface area (Å²) >= 11 is 17.2. The largest absolute Gasteiger partial charge is 0.389 e. The fraction of sp³-hybridized carbons (Fsp3) is 1.00. The number of rotatable bonds is 3. The first kappa shape index (κ1) is 11.8. The molecular formula is C7H13Cl3O. The third-order valence-corrected chi connectivity index (χ3v) is 2.30. The summed E-state index contributed by atoms with van der Waals surface area (Å²) in [6.07, 6.45) is 0.362. The lowest BCUT2D eigenvalue weighted by Gasteiger charge is -2.27. The maximum atomic E-state index is 9.40. The highest BCUT2D eigenvalue weighted by molar-refractivity contribution is 6.48. The molecule has 11 heavy (non-hydrogen) atoms. The Morgan fingerprint density at radius 3 is 1.73 bits per heavy atom. The molecular weight excluding hydrogens is 206 g/mol. The molecule has 0 fully saturated rings. The van der Waals surface area contributed by atoms with E-state index in [-0.39, 0.29) is 0 Å². The van der Waals surface area contributed by atoms with Crippen molar-refractivity contribution >= 4 is 34.8 Å². The fourth-order valence-corrected chi connectivity index (χ4v) is 1.34. The van der Waals surface area contributed by atoms with Gasteiger partial charge < -0.3 is 5.11 Å². The molecule has 0 aromatic carbocycles. The fourth-order valence-electron chi connectivity index (χ4n) is 0.564. The van der Waals surface area contributed by atoms with Gasteiger partial charge in [0.1, 0.15) is 4.33 Å². The van der Waals surface area contributed by atoms with Gasteiger partial charge in [-0.3, -0.25) is 0 Å². The minimum Gasteiger partial charge on any atom is -0.389 e. The van der Waals surface area contributed by atoms with Gasteiger partial charge in [0, 0.05) is 0 Å². The van der Waals surface area contributed by atoms with E-state index in [2.05, 4.69) is 0 Å². The van der Waals surface area contributed by atoms with Crippen LogP contribution in [0.25, 0.3) is 0 Å². The number of hydrogen-bond acceptors (Lipinski definition) is 1.